The summed E-state index contributed by atoms with van der Waals surface area (Å²) in [4.78, 5) is 20.9. The van der Waals surface area contributed by atoms with Crippen molar-refractivity contribution in [3.8, 4) is 11.3 Å². The van der Waals surface area contributed by atoms with Crippen molar-refractivity contribution in [2.75, 3.05) is 38.3 Å². The lowest BCUT2D eigenvalue weighted by atomic mass is 10.00. The van der Waals surface area contributed by atoms with E-state index in [1.807, 2.05) is 51.1 Å². The topological polar surface area (TPSA) is 63.7 Å². The van der Waals surface area contributed by atoms with Crippen LogP contribution in [-0.2, 0) is 20.7 Å². The molecule has 6 nitrogen and oxygen atoms in total. The van der Waals surface area contributed by atoms with Crippen LogP contribution in [0, 0.1) is 0 Å². The van der Waals surface area contributed by atoms with E-state index in [1.165, 1.54) is 0 Å². The standard InChI is InChI=1S/C22H31N3O3S/c1-16(15-22(2,3)27-4)23-19(26)14-18-20(17-8-6-5-7-9-17)24-21(29-18)25-10-12-28-13-11-25/h5-9,16H,10-15H2,1-4H3,(H,23,26)/t16-/m0/s1. The third-order valence-corrected chi connectivity index (χ3v) is 6.21. The summed E-state index contributed by atoms with van der Waals surface area (Å²) >= 11 is 1.61. The Labute approximate surface area is 177 Å². The van der Waals surface area contributed by atoms with Crippen molar-refractivity contribution >= 4 is 22.4 Å². The van der Waals surface area contributed by atoms with Crippen LogP contribution in [0.2, 0.25) is 0 Å². The summed E-state index contributed by atoms with van der Waals surface area (Å²) in [5.41, 5.74) is 1.67. The highest BCUT2D eigenvalue weighted by Gasteiger charge is 2.24. The zero-order valence-electron chi connectivity index (χ0n) is 17.7. The van der Waals surface area contributed by atoms with E-state index in [1.54, 1.807) is 18.4 Å². The molecule has 1 aliphatic rings. The van der Waals surface area contributed by atoms with Gasteiger partial charge in [-0.1, -0.05) is 30.3 Å². The van der Waals surface area contributed by atoms with Gasteiger partial charge in [-0.3, -0.25) is 4.79 Å². The van der Waals surface area contributed by atoms with Gasteiger partial charge in [0.2, 0.25) is 5.91 Å². The van der Waals surface area contributed by atoms with Crippen molar-refractivity contribution in [2.24, 2.45) is 0 Å². The van der Waals surface area contributed by atoms with Gasteiger partial charge in [0.1, 0.15) is 0 Å². The molecule has 1 saturated heterocycles. The number of hydrogen-bond donors (Lipinski definition) is 1. The summed E-state index contributed by atoms with van der Waals surface area (Å²) < 4.78 is 10.9. The molecular weight excluding hydrogens is 386 g/mol. The number of nitrogens with zero attached hydrogens (tertiary/aromatic N) is 2. The summed E-state index contributed by atoms with van der Waals surface area (Å²) in [5, 5.41) is 4.07. The molecule has 0 saturated carbocycles. The quantitative estimate of drug-likeness (QED) is 0.712. The molecule has 1 N–H and O–H groups in total. The molecule has 3 rings (SSSR count). The Hall–Kier alpha value is -1.96. The number of morpholine rings is 1. The van der Waals surface area contributed by atoms with E-state index in [9.17, 15) is 4.79 Å². The minimum atomic E-state index is -0.268. The number of hydrogen-bond acceptors (Lipinski definition) is 6. The molecular formula is C22H31N3O3S. The van der Waals surface area contributed by atoms with Crippen LogP contribution in [-0.4, -0.2) is 55.9 Å². The van der Waals surface area contributed by atoms with Crippen molar-refractivity contribution in [3.63, 3.8) is 0 Å². The highest BCUT2D eigenvalue weighted by molar-refractivity contribution is 7.16. The Morgan fingerprint density at radius 2 is 2.00 bits per heavy atom. The predicted molar refractivity (Wildman–Crippen MR) is 118 cm³/mol. The van der Waals surface area contributed by atoms with Crippen LogP contribution in [0.5, 0.6) is 0 Å². The number of carbonyl (C=O) groups excluding carboxylic acids is 1. The molecule has 1 amide bonds. The Morgan fingerprint density at radius 1 is 1.31 bits per heavy atom. The average molecular weight is 418 g/mol. The van der Waals surface area contributed by atoms with E-state index in [0.717, 1.165) is 40.8 Å². The fourth-order valence-electron chi connectivity index (χ4n) is 3.51. The molecule has 1 atom stereocenters. The largest absolute Gasteiger partial charge is 0.379 e. The third kappa shape index (κ3) is 6.01. The maximum Gasteiger partial charge on any atom is 0.225 e. The molecule has 1 aliphatic heterocycles. The molecule has 29 heavy (non-hydrogen) atoms. The van der Waals surface area contributed by atoms with Gasteiger partial charge in [0.15, 0.2) is 5.13 Å². The monoisotopic (exact) mass is 417 g/mol. The first-order valence-corrected chi connectivity index (χ1v) is 10.9. The van der Waals surface area contributed by atoms with Crippen LogP contribution in [0.1, 0.15) is 32.1 Å². The predicted octanol–water partition coefficient (Wildman–Crippen LogP) is 3.51. The lowest BCUT2D eigenvalue weighted by molar-refractivity contribution is -0.121. The van der Waals surface area contributed by atoms with Crippen molar-refractivity contribution in [1.82, 2.24) is 10.3 Å². The molecule has 1 fully saturated rings. The molecule has 158 valence electrons. The molecule has 0 aliphatic carbocycles. The van der Waals surface area contributed by atoms with Crippen molar-refractivity contribution < 1.29 is 14.3 Å². The number of thiazole rings is 1. The molecule has 0 spiro atoms. The zero-order chi connectivity index (χ0) is 20.9. The first kappa shape index (κ1) is 21.7. The van der Waals surface area contributed by atoms with Crippen LogP contribution >= 0.6 is 11.3 Å². The van der Waals surface area contributed by atoms with Gasteiger partial charge in [0, 0.05) is 36.7 Å². The Morgan fingerprint density at radius 3 is 2.66 bits per heavy atom. The lowest BCUT2D eigenvalue weighted by Gasteiger charge is -2.27. The minimum Gasteiger partial charge on any atom is -0.379 e. The van der Waals surface area contributed by atoms with Gasteiger partial charge in [-0.25, -0.2) is 4.98 Å². The SMILES string of the molecule is COC(C)(C)C[C@H](C)NC(=O)Cc1sc(N2CCOCC2)nc1-c1ccccc1. The summed E-state index contributed by atoms with van der Waals surface area (Å²) in [6.07, 6.45) is 1.08. The zero-order valence-corrected chi connectivity index (χ0v) is 18.6. The molecule has 0 bridgehead atoms. The normalized spacial score (nSPS) is 15.9. The third-order valence-electron chi connectivity index (χ3n) is 5.09. The van der Waals surface area contributed by atoms with Gasteiger partial charge in [0.25, 0.3) is 0 Å². The second-order valence-corrected chi connectivity index (χ2v) is 9.11. The lowest BCUT2D eigenvalue weighted by Crippen LogP contribution is -2.39. The van der Waals surface area contributed by atoms with Gasteiger partial charge in [0.05, 0.1) is 30.9 Å². The molecule has 2 aromatic rings. The number of methoxy groups -OCH3 is 1. The average Bonchev–Trinajstić information content (AvgIpc) is 3.12. The van der Waals surface area contributed by atoms with Gasteiger partial charge in [-0.05, 0) is 27.2 Å². The Balaban J connectivity index is 1.76. The van der Waals surface area contributed by atoms with Crippen LogP contribution in [0.15, 0.2) is 30.3 Å². The van der Waals surface area contributed by atoms with E-state index in [-0.39, 0.29) is 17.6 Å². The van der Waals surface area contributed by atoms with E-state index in [4.69, 9.17) is 14.5 Å². The van der Waals surface area contributed by atoms with E-state index in [2.05, 4.69) is 10.2 Å². The van der Waals surface area contributed by atoms with Gasteiger partial charge >= 0.3 is 0 Å². The molecule has 7 heteroatoms. The number of ether oxygens (including phenoxy) is 2. The number of carbonyl (C=O) groups is 1. The summed E-state index contributed by atoms with van der Waals surface area (Å²) in [6.45, 7) is 9.16. The van der Waals surface area contributed by atoms with Gasteiger partial charge in [-0.15, -0.1) is 11.3 Å². The maximum absolute atomic E-state index is 12.8. The molecule has 1 aromatic heterocycles. The molecule has 1 aromatic carbocycles. The first-order chi connectivity index (χ1) is 13.9. The Bertz CT molecular complexity index is 801. The second kappa shape index (κ2) is 9.69. The van der Waals surface area contributed by atoms with Crippen molar-refractivity contribution in [1.29, 1.82) is 0 Å². The van der Waals surface area contributed by atoms with Crippen LogP contribution < -0.4 is 10.2 Å². The smallest absolute Gasteiger partial charge is 0.225 e. The first-order valence-electron chi connectivity index (χ1n) is 10.1. The van der Waals surface area contributed by atoms with Crippen LogP contribution in [0.4, 0.5) is 5.13 Å². The van der Waals surface area contributed by atoms with Crippen LogP contribution in [0.3, 0.4) is 0 Å². The van der Waals surface area contributed by atoms with Crippen molar-refractivity contribution in [2.45, 2.75) is 45.3 Å². The molecule has 0 unspecified atom stereocenters. The fourth-order valence-corrected chi connectivity index (χ4v) is 4.65. The van der Waals surface area contributed by atoms with Crippen molar-refractivity contribution in [3.05, 3.63) is 35.2 Å². The number of nitrogens with one attached hydrogen (secondary N) is 1. The summed E-state index contributed by atoms with van der Waals surface area (Å²) in [7, 11) is 1.70. The van der Waals surface area contributed by atoms with E-state index < -0.39 is 0 Å². The number of anilines is 1. The minimum absolute atomic E-state index is 0.0127. The summed E-state index contributed by atoms with van der Waals surface area (Å²) in [5.74, 6) is 0.0127. The number of benzene rings is 1. The molecule has 0 radical (unpaired) electrons. The maximum atomic E-state index is 12.8. The fraction of sp³-hybridized carbons (Fsp3) is 0.545. The number of aromatic nitrogens is 1. The number of rotatable bonds is 8. The Kier molecular flexibility index (Phi) is 7.27. The van der Waals surface area contributed by atoms with Crippen LogP contribution in [0.25, 0.3) is 11.3 Å². The summed E-state index contributed by atoms with van der Waals surface area (Å²) in [6, 6.07) is 10.1. The van der Waals surface area contributed by atoms with E-state index >= 15 is 0 Å². The van der Waals surface area contributed by atoms with Gasteiger partial charge in [-0.2, -0.15) is 0 Å². The number of amides is 1. The highest BCUT2D eigenvalue weighted by Crippen LogP contribution is 2.34. The van der Waals surface area contributed by atoms with E-state index in [0.29, 0.717) is 19.6 Å². The molecule has 2 heterocycles. The van der Waals surface area contributed by atoms with Gasteiger partial charge < -0.3 is 19.7 Å². The highest BCUT2D eigenvalue weighted by atomic mass is 32.1. The second-order valence-electron chi connectivity index (χ2n) is 8.05.